The van der Waals surface area contributed by atoms with E-state index < -0.39 is 5.82 Å². The predicted octanol–water partition coefficient (Wildman–Crippen LogP) is 3.82. The van der Waals surface area contributed by atoms with Crippen LogP contribution in [-0.4, -0.2) is 88.0 Å². The van der Waals surface area contributed by atoms with Crippen LogP contribution < -0.4 is 20.3 Å². The highest BCUT2D eigenvalue weighted by atomic mass is 19.1. The van der Waals surface area contributed by atoms with Gasteiger partial charge in [0.05, 0.1) is 10.9 Å². The second-order valence-electron chi connectivity index (χ2n) is 13.6. The maximum absolute atomic E-state index is 16.9. The molecule has 230 valence electrons. The van der Waals surface area contributed by atoms with Crippen molar-refractivity contribution in [3.63, 3.8) is 0 Å². The van der Waals surface area contributed by atoms with Crippen LogP contribution in [0, 0.1) is 24.1 Å². The summed E-state index contributed by atoms with van der Waals surface area (Å²) in [6, 6.07) is 10.1. The van der Waals surface area contributed by atoms with Gasteiger partial charge in [-0.25, -0.2) is 4.39 Å². The van der Waals surface area contributed by atoms with E-state index in [1.165, 1.54) is 6.07 Å². The fraction of sp³-hybridized carbons (Fsp3) is 0.457. The fourth-order valence-electron chi connectivity index (χ4n) is 9.09. The molecule has 45 heavy (non-hydrogen) atoms. The van der Waals surface area contributed by atoms with Crippen LogP contribution in [0.3, 0.4) is 0 Å². The molecule has 5 aliphatic heterocycles. The molecule has 0 saturated carbocycles. The maximum Gasteiger partial charge on any atom is 0.319 e. The molecule has 9 rings (SSSR count). The number of nitrogens with zero attached hydrogens (tertiary/aromatic N) is 5. The van der Waals surface area contributed by atoms with Crippen molar-refractivity contribution in [3.05, 3.63) is 47.9 Å². The molecule has 7 heterocycles. The van der Waals surface area contributed by atoms with Crippen molar-refractivity contribution < 1.29 is 14.2 Å². The standard InChI is InChI=1S/C35H36FN7O2/c1-2-20-5-3-6-21-11-25(44)12-26(29(20)21)31-30(36)32-27(15-38-31)33(42-17-23-7-8-24(18-42)39-23)41-34(40-32)45-19-35-9-4-10-43(35)28-16-37-14-22(28)13-35/h1,3,5-6,11-12,15,22-24,28,37,39,44H,4,7-10,13-14,16-19H2. The average Bonchev–Trinajstić information content (AvgIpc) is 3.81. The first-order valence-electron chi connectivity index (χ1n) is 16.2. The first-order valence-corrected chi connectivity index (χ1v) is 16.2. The summed E-state index contributed by atoms with van der Waals surface area (Å²) in [5, 5.41) is 19.8. The summed E-state index contributed by atoms with van der Waals surface area (Å²) in [5.74, 6) is 3.42. The van der Waals surface area contributed by atoms with E-state index in [2.05, 4.69) is 31.3 Å². The zero-order valence-corrected chi connectivity index (χ0v) is 25.1. The number of aromatic hydroxyl groups is 1. The van der Waals surface area contributed by atoms with Crippen LogP contribution in [-0.2, 0) is 0 Å². The number of aromatic nitrogens is 3. The first kappa shape index (κ1) is 27.3. The molecule has 9 nitrogen and oxygen atoms in total. The van der Waals surface area contributed by atoms with Crippen LogP contribution in [0.25, 0.3) is 32.9 Å². The molecule has 5 atom stereocenters. The Morgan fingerprint density at radius 1 is 1.16 bits per heavy atom. The van der Waals surface area contributed by atoms with Gasteiger partial charge in [0.15, 0.2) is 5.82 Å². The van der Waals surface area contributed by atoms with Crippen molar-refractivity contribution in [2.24, 2.45) is 5.92 Å². The SMILES string of the molecule is C#Cc1cccc2cc(O)cc(-c3ncc4c(N5CC6CCC(C5)N6)nc(OCC56CCCN5C5CNCC5C6)nc4c3F)c12. The molecule has 2 bridgehead atoms. The molecule has 0 spiro atoms. The van der Waals surface area contributed by atoms with Gasteiger partial charge in [-0.05, 0) is 74.7 Å². The molecule has 4 aromatic rings. The Hall–Kier alpha value is -4.04. The number of piperazine rings is 1. The number of fused-ring (bicyclic) bond motifs is 7. The van der Waals surface area contributed by atoms with Gasteiger partial charge in [-0.3, -0.25) is 9.88 Å². The maximum atomic E-state index is 16.9. The van der Waals surface area contributed by atoms with E-state index in [0.717, 1.165) is 64.8 Å². The number of hydrogen-bond donors (Lipinski definition) is 3. The molecule has 10 heteroatoms. The van der Waals surface area contributed by atoms with E-state index in [0.29, 0.717) is 63.8 Å². The van der Waals surface area contributed by atoms with Gasteiger partial charge < -0.3 is 25.4 Å². The molecule has 5 unspecified atom stereocenters. The second kappa shape index (κ2) is 10.2. The van der Waals surface area contributed by atoms with E-state index in [1.54, 1.807) is 12.3 Å². The van der Waals surface area contributed by atoms with Gasteiger partial charge in [0.25, 0.3) is 0 Å². The van der Waals surface area contributed by atoms with Crippen molar-refractivity contribution in [2.45, 2.75) is 55.8 Å². The molecule has 0 amide bonds. The van der Waals surface area contributed by atoms with Gasteiger partial charge in [0.1, 0.15) is 29.4 Å². The van der Waals surface area contributed by atoms with Gasteiger partial charge in [-0.15, -0.1) is 6.42 Å². The summed E-state index contributed by atoms with van der Waals surface area (Å²) >= 11 is 0. The lowest BCUT2D eigenvalue weighted by Gasteiger charge is -2.35. The molecule has 2 aromatic carbocycles. The fourth-order valence-corrected chi connectivity index (χ4v) is 9.09. The van der Waals surface area contributed by atoms with Crippen molar-refractivity contribution in [1.29, 1.82) is 0 Å². The number of ether oxygens (including phenoxy) is 1. The smallest absolute Gasteiger partial charge is 0.319 e. The summed E-state index contributed by atoms with van der Waals surface area (Å²) in [4.78, 5) is 19.2. The first-order chi connectivity index (χ1) is 22.0. The zero-order valence-electron chi connectivity index (χ0n) is 25.1. The lowest BCUT2D eigenvalue weighted by Crippen LogP contribution is -2.51. The number of rotatable bonds is 5. The number of hydrogen-bond acceptors (Lipinski definition) is 9. The Morgan fingerprint density at radius 2 is 2.02 bits per heavy atom. The summed E-state index contributed by atoms with van der Waals surface area (Å²) in [7, 11) is 0. The largest absolute Gasteiger partial charge is 0.508 e. The summed E-state index contributed by atoms with van der Waals surface area (Å²) in [5.41, 5.74) is 1.24. The van der Waals surface area contributed by atoms with Crippen LogP contribution in [0.2, 0.25) is 0 Å². The van der Waals surface area contributed by atoms with Gasteiger partial charge in [-0.1, -0.05) is 18.1 Å². The number of benzene rings is 2. The number of nitrogens with one attached hydrogen (secondary N) is 2. The minimum absolute atomic E-state index is 0.00793. The predicted molar refractivity (Wildman–Crippen MR) is 171 cm³/mol. The van der Waals surface area contributed by atoms with E-state index in [1.807, 2.05) is 18.2 Å². The monoisotopic (exact) mass is 605 g/mol. The Morgan fingerprint density at radius 3 is 2.87 bits per heavy atom. The Balaban J connectivity index is 1.16. The van der Waals surface area contributed by atoms with E-state index in [-0.39, 0.29) is 28.5 Å². The summed E-state index contributed by atoms with van der Waals surface area (Å²) in [6.45, 7) is 5.21. The van der Waals surface area contributed by atoms with Crippen molar-refractivity contribution >= 4 is 27.5 Å². The van der Waals surface area contributed by atoms with Crippen LogP contribution >= 0.6 is 0 Å². The van der Waals surface area contributed by atoms with Gasteiger partial charge >= 0.3 is 6.01 Å². The molecule has 2 aromatic heterocycles. The average molecular weight is 606 g/mol. The molecule has 3 N–H and O–H groups in total. The molecule has 0 aliphatic carbocycles. The minimum atomic E-state index is -0.583. The van der Waals surface area contributed by atoms with Crippen LogP contribution in [0.5, 0.6) is 11.8 Å². The molecule has 0 radical (unpaired) electrons. The molecular formula is C35H36FN7O2. The minimum Gasteiger partial charge on any atom is -0.508 e. The number of anilines is 1. The van der Waals surface area contributed by atoms with E-state index >= 15 is 4.39 Å². The van der Waals surface area contributed by atoms with Gasteiger partial charge in [-0.2, -0.15) is 9.97 Å². The highest BCUT2D eigenvalue weighted by molar-refractivity contribution is 6.02. The lowest BCUT2D eigenvalue weighted by atomic mass is 9.90. The van der Waals surface area contributed by atoms with Crippen LogP contribution in [0.4, 0.5) is 10.2 Å². The van der Waals surface area contributed by atoms with Crippen molar-refractivity contribution in [1.82, 2.24) is 30.5 Å². The summed E-state index contributed by atoms with van der Waals surface area (Å²) < 4.78 is 23.4. The molecule has 5 saturated heterocycles. The van der Waals surface area contributed by atoms with E-state index in [4.69, 9.17) is 21.1 Å². The highest BCUT2D eigenvalue weighted by Crippen LogP contribution is 2.47. The lowest BCUT2D eigenvalue weighted by molar-refractivity contribution is 0.0858. The number of pyridine rings is 1. The quantitative estimate of drug-likeness (QED) is 0.294. The molecule has 5 aliphatic rings. The second-order valence-corrected chi connectivity index (χ2v) is 13.6. The normalized spacial score (nSPS) is 28.9. The Bertz CT molecular complexity index is 1880. The number of terminal acetylenes is 1. The zero-order chi connectivity index (χ0) is 30.3. The van der Waals surface area contributed by atoms with E-state index in [9.17, 15) is 5.11 Å². The van der Waals surface area contributed by atoms with Gasteiger partial charge in [0.2, 0.25) is 0 Å². The molecule has 5 fully saturated rings. The van der Waals surface area contributed by atoms with Crippen molar-refractivity contribution in [3.8, 4) is 35.4 Å². The number of phenols is 1. The van der Waals surface area contributed by atoms with Crippen molar-refractivity contribution in [2.75, 3.05) is 44.2 Å². The Kier molecular flexibility index (Phi) is 6.21. The third-order valence-corrected chi connectivity index (χ3v) is 11.0. The van der Waals surface area contributed by atoms with Crippen LogP contribution in [0.15, 0.2) is 36.5 Å². The number of phenolic OH excluding ortho intramolecular Hbond substituents is 1. The van der Waals surface area contributed by atoms with Crippen LogP contribution in [0.1, 0.15) is 37.7 Å². The third-order valence-electron chi connectivity index (χ3n) is 11.0. The van der Waals surface area contributed by atoms with Gasteiger partial charge in [0, 0.05) is 60.5 Å². The Labute approximate surface area is 261 Å². The number of halogens is 1. The molecular weight excluding hydrogens is 569 g/mol. The highest BCUT2D eigenvalue weighted by Gasteiger charge is 2.55. The third kappa shape index (κ3) is 4.28. The summed E-state index contributed by atoms with van der Waals surface area (Å²) in [6.07, 6.45) is 13.1. The topological polar surface area (TPSA) is 98.7 Å².